The van der Waals surface area contributed by atoms with E-state index in [1.54, 1.807) is 6.07 Å². The lowest BCUT2D eigenvalue weighted by Gasteiger charge is -2.05. The summed E-state index contributed by atoms with van der Waals surface area (Å²) in [6.07, 6.45) is 0. The normalized spacial score (nSPS) is 12.7. The zero-order valence-electron chi connectivity index (χ0n) is 12.0. The lowest BCUT2D eigenvalue weighted by atomic mass is 9.98. The first-order valence-electron chi connectivity index (χ1n) is 7.56. The van der Waals surface area contributed by atoms with Gasteiger partial charge in [-0.2, -0.15) is 0 Å². The van der Waals surface area contributed by atoms with Gasteiger partial charge in [0.25, 0.3) is 5.69 Å². The predicted octanol–water partition coefficient (Wildman–Crippen LogP) is 5.67. The Morgan fingerprint density at radius 2 is 1.04 bits per heavy atom. The van der Waals surface area contributed by atoms with Crippen molar-refractivity contribution in [3.63, 3.8) is 0 Å². The Hall–Kier alpha value is -3.20. The lowest BCUT2D eigenvalue weighted by molar-refractivity contribution is -0.382. The van der Waals surface area contributed by atoms with Gasteiger partial charge in [0, 0.05) is 11.5 Å². The number of nitro benzene ring substituents is 1. The van der Waals surface area contributed by atoms with Crippen LogP contribution in [-0.2, 0) is 0 Å². The second-order valence-electron chi connectivity index (χ2n) is 6.23. The number of benzene rings is 5. The van der Waals surface area contributed by atoms with Gasteiger partial charge in [-0.3, -0.25) is 10.1 Å². The van der Waals surface area contributed by atoms with E-state index in [-0.39, 0.29) is 10.6 Å². The molecule has 0 amide bonds. The minimum atomic E-state index is -0.270. The van der Waals surface area contributed by atoms with Crippen LogP contribution in [0.1, 0.15) is 0 Å². The summed E-state index contributed by atoms with van der Waals surface area (Å²) in [5.41, 5.74) is 0.193. The third kappa shape index (κ3) is 1.12. The Morgan fingerprint density at radius 3 is 1.61 bits per heavy atom. The minimum Gasteiger partial charge on any atom is -0.258 e. The molecule has 0 saturated heterocycles. The van der Waals surface area contributed by atoms with E-state index < -0.39 is 0 Å². The van der Waals surface area contributed by atoms with Gasteiger partial charge in [0.2, 0.25) is 0 Å². The number of non-ortho nitro benzene ring substituents is 1. The monoisotopic (exact) mass is 295 g/mol. The Balaban J connectivity index is 2.15. The van der Waals surface area contributed by atoms with Gasteiger partial charge in [-0.1, -0.05) is 42.5 Å². The Bertz CT molecular complexity index is 1340. The average molecular weight is 295 g/mol. The summed E-state index contributed by atoms with van der Waals surface area (Å²) in [4.78, 5) is 11.3. The minimum absolute atomic E-state index is 0.193. The van der Waals surface area contributed by atoms with Crippen LogP contribution in [0.4, 0.5) is 5.69 Å². The van der Waals surface area contributed by atoms with Gasteiger partial charge >= 0.3 is 0 Å². The second kappa shape index (κ2) is 3.41. The zero-order valence-corrected chi connectivity index (χ0v) is 12.0. The lowest BCUT2D eigenvalue weighted by Crippen LogP contribution is -1.90. The SMILES string of the molecule is O=[N+]([O-])c1cc2ccc3ccc4ccc5ccc1c1c5c4c3c21. The molecule has 0 saturated carbocycles. The van der Waals surface area contributed by atoms with Crippen LogP contribution in [0.5, 0.6) is 0 Å². The fourth-order valence-electron chi connectivity index (χ4n) is 4.30. The molecule has 0 aliphatic rings. The molecule has 0 spiro atoms. The molecule has 106 valence electrons. The van der Waals surface area contributed by atoms with Crippen LogP contribution in [0.25, 0.3) is 53.9 Å². The first-order chi connectivity index (χ1) is 11.2. The van der Waals surface area contributed by atoms with Crippen LogP contribution in [-0.4, -0.2) is 4.92 Å². The van der Waals surface area contributed by atoms with Gasteiger partial charge in [-0.05, 0) is 49.2 Å². The molecule has 0 N–H and O–H groups in total. The molecular formula is C20H9NO2. The van der Waals surface area contributed by atoms with Crippen molar-refractivity contribution in [3.05, 3.63) is 64.7 Å². The van der Waals surface area contributed by atoms with E-state index >= 15 is 0 Å². The van der Waals surface area contributed by atoms with Gasteiger partial charge in [0.05, 0.1) is 10.3 Å². The highest BCUT2D eigenvalue weighted by molar-refractivity contribution is 6.44. The van der Waals surface area contributed by atoms with Crippen molar-refractivity contribution in [3.8, 4) is 0 Å². The smallest absolute Gasteiger partial charge is 0.258 e. The standard InChI is InChI=1S/C20H9NO2/c22-21(23)15-9-13-6-5-11-2-1-10-3-4-12-7-8-14(15)20-18(12)16(10)17(11)19(13)20/h1-9H. The number of rotatable bonds is 1. The van der Waals surface area contributed by atoms with E-state index in [1.165, 1.54) is 32.3 Å². The third-order valence-corrected chi connectivity index (χ3v) is 5.20. The highest BCUT2D eigenvalue weighted by Crippen LogP contribution is 2.49. The van der Waals surface area contributed by atoms with Gasteiger partial charge in [0.15, 0.2) is 0 Å². The van der Waals surface area contributed by atoms with Gasteiger partial charge in [-0.15, -0.1) is 0 Å². The van der Waals surface area contributed by atoms with E-state index in [1.807, 2.05) is 18.2 Å². The van der Waals surface area contributed by atoms with E-state index in [2.05, 4.69) is 30.3 Å². The van der Waals surface area contributed by atoms with E-state index in [4.69, 9.17) is 0 Å². The van der Waals surface area contributed by atoms with Crippen molar-refractivity contribution in [2.24, 2.45) is 0 Å². The maximum Gasteiger partial charge on any atom is 0.277 e. The zero-order chi connectivity index (χ0) is 15.3. The molecule has 3 nitrogen and oxygen atoms in total. The highest BCUT2D eigenvalue weighted by atomic mass is 16.6. The number of hydrogen-bond donors (Lipinski definition) is 0. The first kappa shape index (κ1) is 11.4. The topological polar surface area (TPSA) is 43.1 Å². The molecule has 6 aromatic carbocycles. The molecular weight excluding hydrogens is 286 g/mol. The van der Waals surface area contributed by atoms with Crippen molar-refractivity contribution in [1.29, 1.82) is 0 Å². The van der Waals surface area contributed by atoms with Gasteiger partial charge in [-0.25, -0.2) is 0 Å². The van der Waals surface area contributed by atoms with Gasteiger partial charge < -0.3 is 0 Å². The van der Waals surface area contributed by atoms with Crippen molar-refractivity contribution < 1.29 is 4.92 Å². The molecule has 0 aromatic heterocycles. The molecule has 0 atom stereocenters. The van der Waals surface area contributed by atoms with Crippen LogP contribution in [0.15, 0.2) is 54.6 Å². The summed E-state index contributed by atoms with van der Waals surface area (Å²) in [6, 6.07) is 18.2. The van der Waals surface area contributed by atoms with E-state index in [0.717, 1.165) is 21.5 Å². The Labute approximate surface area is 129 Å². The molecule has 3 heteroatoms. The summed E-state index contributed by atoms with van der Waals surface area (Å²) >= 11 is 0. The van der Waals surface area contributed by atoms with Crippen LogP contribution in [0.2, 0.25) is 0 Å². The van der Waals surface area contributed by atoms with Crippen molar-refractivity contribution in [2.75, 3.05) is 0 Å². The molecule has 0 heterocycles. The van der Waals surface area contributed by atoms with Crippen molar-refractivity contribution >= 4 is 59.5 Å². The van der Waals surface area contributed by atoms with E-state index in [0.29, 0.717) is 0 Å². The largest absolute Gasteiger partial charge is 0.277 e. The molecule has 6 aromatic rings. The summed E-state index contributed by atoms with van der Waals surface area (Å²) in [7, 11) is 0. The summed E-state index contributed by atoms with van der Waals surface area (Å²) in [5.74, 6) is 0. The second-order valence-corrected chi connectivity index (χ2v) is 6.23. The molecule has 0 aliphatic carbocycles. The molecule has 6 rings (SSSR count). The van der Waals surface area contributed by atoms with E-state index in [9.17, 15) is 10.1 Å². The molecule has 0 radical (unpaired) electrons. The highest BCUT2D eigenvalue weighted by Gasteiger charge is 2.24. The van der Waals surface area contributed by atoms with Crippen LogP contribution >= 0.6 is 0 Å². The fraction of sp³-hybridized carbons (Fsp3) is 0. The quantitative estimate of drug-likeness (QED) is 0.223. The summed E-state index contributed by atoms with van der Waals surface area (Å²) in [5, 5.41) is 22.7. The van der Waals surface area contributed by atoms with Crippen molar-refractivity contribution in [1.82, 2.24) is 0 Å². The maximum absolute atomic E-state index is 11.5. The van der Waals surface area contributed by atoms with Crippen LogP contribution < -0.4 is 0 Å². The Morgan fingerprint density at radius 1 is 0.609 bits per heavy atom. The number of nitro groups is 1. The van der Waals surface area contributed by atoms with Crippen LogP contribution in [0, 0.1) is 10.1 Å². The van der Waals surface area contributed by atoms with Gasteiger partial charge in [0.1, 0.15) is 0 Å². The predicted molar refractivity (Wildman–Crippen MR) is 94.2 cm³/mol. The first-order valence-corrected chi connectivity index (χ1v) is 7.56. The molecule has 23 heavy (non-hydrogen) atoms. The summed E-state index contributed by atoms with van der Waals surface area (Å²) < 4.78 is 0. The molecule has 0 aliphatic heterocycles. The number of hydrogen-bond acceptors (Lipinski definition) is 2. The fourth-order valence-corrected chi connectivity index (χ4v) is 4.30. The third-order valence-electron chi connectivity index (χ3n) is 5.20. The number of nitrogens with zero attached hydrogens (tertiary/aromatic N) is 1. The van der Waals surface area contributed by atoms with Crippen LogP contribution in [0.3, 0.4) is 0 Å². The molecule has 0 fully saturated rings. The summed E-state index contributed by atoms with van der Waals surface area (Å²) in [6.45, 7) is 0. The Kier molecular flexibility index (Phi) is 1.69. The maximum atomic E-state index is 11.5. The molecule has 0 unspecified atom stereocenters. The average Bonchev–Trinajstić information content (AvgIpc) is 2.94. The molecule has 0 bridgehead atoms. The van der Waals surface area contributed by atoms with Crippen molar-refractivity contribution in [2.45, 2.75) is 0 Å².